The van der Waals surface area contributed by atoms with Crippen molar-refractivity contribution >= 4 is 23.6 Å². The van der Waals surface area contributed by atoms with Crippen molar-refractivity contribution in [3.8, 4) is 17.6 Å². The molecule has 7 heteroatoms. The van der Waals surface area contributed by atoms with Crippen LogP contribution in [0.15, 0.2) is 66.2 Å². The number of benzene rings is 3. The number of carboxylic acid groups (broad SMARTS) is 1. The van der Waals surface area contributed by atoms with Crippen molar-refractivity contribution in [2.45, 2.75) is 20.5 Å². The van der Waals surface area contributed by atoms with Crippen LogP contribution < -0.4 is 14.8 Å². The number of nitrogens with one attached hydrogen (secondary N) is 1. The van der Waals surface area contributed by atoms with E-state index in [2.05, 4.69) is 5.32 Å². The van der Waals surface area contributed by atoms with E-state index >= 15 is 0 Å². The number of anilines is 1. The molecule has 0 spiro atoms. The van der Waals surface area contributed by atoms with Crippen LogP contribution in [0.1, 0.15) is 32.6 Å². The number of nitrogens with zero attached hydrogens (tertiary/aromatic N) is 1. The number of hydrogen-bond donors (Lipinski definition) is 2. The average molecular weight is 456 g/mol. The topological polar surface area (TPSA) is 109 Å². The Morgan fingerprint density at radius 3 is 2.53 bits per heavy atom. The molecule has 34 heavy (non-hydrogen) atoms. The second-order valence-corrected chi connectivity index (χ2v) is 7.65. The van der Waals surface area contributed by atoms with Crippen LogP contribution in [0, 0.1) is 25.2 Å². The maximum absolute atomic E-state index is 12.6. The van der Waals surface area contributed by atoms with Crippen LogP contribution >= 0.6 is 0 Å². The molecule has 0 atom stereocenters. The maximum atomic E-state index is 12.6. The maximum Gasteiger partial charge on any atom is 0.335 e. The predicted molar refractivity (Wildman–Crippen MR) is 129 cm³/mol. The Labute approximate surface area is 197 Å². The van der Waals surface area contributed by atoms with Crippen molar-refractivity contribution in [1.82, 2.24) is 0 Å². The summed E-state index contributed by atoms with van der Waals surface area (Å²) >= 11 is 0. The van der Waals surface area contributed by atoms with Gasteiger partial charge in [0.05, 0.1) is 12.7 Å². The molecule has 3 aromatic carbocycles. The molecule has 0 radical (unpaired) electrons. The van der Waals surface area contributed by atoms with E-state index in [-0.39, 0.29) is 17.7 Å². The molecule has 0 saturated heterocycles. The summed E-state index contributed by atoms with van der Waals surface area (Å²) in [6.07, 6.45) is 1.47. The smallest absolute Gasteiger partial charge is 0.335 e. The zero-order valence-electron chi connectivity index (χ0n) is 19.1. The van der Waals surface area contributed by atoms with Gasteiger partial charge in [0.1, 0.15) is 18.2 Å². The molecule has 0 heterocycles. The van der Waals surface area contributed by atoms with Crippen LogP contribution in [0.3, 0.4) is 0 Å². The van der Waals surface area contributed by atoms with Crippen LogP contribution in [0.4, 0.5) is 5.69 Å². The van der Waals surface area contributed by atoms with Crippen molar-refractivity contribution in [1.29, 1.82) is 5.26 Å². The second-order valence-electron chi connectivity index (χ2n) is 7.65. The minimum Gasteiger partial charge on any atom is -0.493 e. The summed E-state index contributed by atoms with van der Waals surface area (Å²) in [5.41, 5.74) is 4.03. The highest BCUT2D eigenvalue weighted by Gasteiger charge is 2.13. The Bertz CT molecular complexity index is 1300. The van der Waals surface area contributed by atoms with E-state index < -0.39 is 11.9 Å². The van der Waals surface area contributed by atoms with E-state index in [1.165, 1.54) is 19.3 Å². The van der Waals surface area contributed by atoms with E-state index in [1.807, 2.05) is 32.0 Å². The highest BCUT2D eigenvalue weighted by atomic mass is 16.5. The standard InChI is InChI=1S/C27H24N2O5/c1-17-7-9-23(18(2)11-17)29-26(30)22(15-28)12-19-8-10-24(25(14-19)33-3)34-16-20-5-4-6-21(13-20)27(31)32/h4-14H,16H2,1-3H3,(H,29,30)(H,31,32)/b22-12-. The number of rotatable bonds is 8. The van der Waals surface area contributed by atoms with Crippen LogP contribution in [0.2, 0.25) is 0 Å². The van der Waals surface area contributed by atoms with Gasteiger partial charge in [-0.05, 0) is 66.9 Å². The fraction of sp³-hybridized carbons (Fsp3) is 0.148. The Hall–Kier alpha value is -4.57. The molecular weight excluding hydrogens is 432 g/mol. The Kier molecular flexibility index (Phi) is 7.67. The number of ether oxygens (including phenoxy) is 2. The van der Waals surface area contributed by atoms with Crippen LogP contribution in [-0.4, -0.2) is 24.1 Å². The molecule has 0 aliphatic rings. The normalized spacial score (nSPS) is 10.8. The number of hydrogen-bond acceptors (Lipinski definition) is 5. The second kappa shape index (κ2) is 10.8. The third-order valence-electron chi connectivity index (χ3n) is 5.06. The quantitative estimate of drug-likeness (QED) is 0.359. The van der Waals surface area contributed by atoms with Crippen molar-refractivity contribution in [2.24, 2.45) is 0 Å². The zero-order chi connectivity index (χ0) is 24.7. The van der Waals surface area contributed by atoms with Crippen LogP contribution in [-0.2, 0) is 11.4 Å². The third kappa shape index (κ3) is 6.02. The van der Waals surface area contributed by atoms with E-state index in [1.54, 1.807) is 42.5 Å². The molecule has 0 bridgehead atoms. The first-order chi connectivity index (χ1) is 16.3. The number of aryl methyl sites for hydroxylation is 2. The van der Waals surface area contributed by atoms with Crippen molar-refractivity contribution in [3.05, 3.63) is 94.1 Å². The first kappa shape index (κ1) is 24.1. The first-order valence-corrected chi connectivity index (χ1v) is 10.4. The molecule has 2 N–H and O–H groups in total. The molecule has 0 unspecified atom stereocenters. The van der Waals surface area contributed by atoms with Gasteiger partial charge in [-0.2, -0.15) is 5.26 Å². The summed E-state index contributed by atoms with van der Waals surface area (Å²) < 4.78 is 11.2. The summed E-state index contributed by atoms with van der Waals surface area (Å²) in [5, 5.41) is 21.4. The van der Waals surface area contributed by atoms with E-state index in [0.29, 0.717) is 28.3 Å². The fourth-order valence-corrected chi connectivity index (χ4v) is 3.31. The number of carbonyl (C=O) groups excluding carboxylic acids is 1. The van der Waals surface area contributed by atoms with Gasteiger partial charge < -0.3 is 19.9 Å². The molecule has 7 nitrogen and oxygen atoms in total. The van der Waals surface area contributed by atoms with Gasteiger partial charge in [0.2, 0.25) is 0 Å². The van der Waals surface area contributed by atoms with Crippen LogP contribution in [0.25, 0.3) is 6.08 Å². The highest BCUT2D eigenvalue weighted by Crippen LogP contribution is 2.30. The molecule has 0 fully saturated rings. The van der Waals surface area contributed by atoms with Crippen molar-refractivity contribution < 1.29 is 24.2 Å². The van der Waals surface area contributed by atoms with Gasteiger partial charge in [0.15, 0.2) is 11.5 Å². The molecule has 3 rings (SSSR count). The number of methoxy groups -OCH3 is 1. The summed E-state index contributed by atoms with van der Waals surface area (Å²) in [6.45, 7) is 4.00. The van der Waals surface area contributed by atoms with E-state index in [0.717, 1.165) is 11.1 Å². The average Bonchev–Trinajstić information content (AvgIpc) is 2.83. The molecule has 172 valence electrons. The molecule has 0 aliphatic heterocycles. The number of carboxylic acids is 1. The molecule has 0 saturated carbocycles. The predicted octanol–water partition coefficient (Wildman–Crippen LogP) is 5.13. The number of nitriles is 1. The molecule has 1 amide bonds. The van der Waals surface area contributed by atoms with Crippen molar-refractivity contribution in [2.75, 3.05) is 12.4 Å². The highest BCUT2D eigenvalue weighted by molar-refractivity contribution is 6.10. The van der Waals surface area contributed by atoms with Crippen molar-refractivity contribution in [3.63, 3.8) is 0 Å². The van der Waals surface area contributed by atoms with Gasteiger partial charge in [-0.1, -0.05) is 35.9 Å². The Balaban J connectivity index is 1.76. The van der Waals surface area contributed by atoms with Gasteiger partial charge in [-0.15, -0.1) is 0 Å². The van der Waals surface area contributed by atoms with Crippen LogP contribution in [0.5, 0.6) is 11.5 Å². The summed E-state index contributed by atoms with van der Waals surface area (Å²) in [7, 11) is 1.48. The SMILES string of the molecule is COc1cc(/C=C(/C#N)C(=O)Nc2ccc(C)cc2C)ccc1OCc1cccc(C(=O)O)c1. The van der Waals surface area contributed by atoms with E-state index in [4.69, 9.17) is 14.6 Å². The lowest BCUT2D eigenvalue weighted by Gasteiger charge is -2.12. The molecule has 3 aromatic rings. The molecular formula is C27H24N2O5. The summed E-state index contributed by atoms with van der Waals surface area (Å²) in [6, 6.07) is 19.1. The van der Waals surface area contributed by atoms with Gasteiger partial charge in [0, 0.05) is 5.69 Å². The van der Waals surface area contributed by atoms with E-state index in [9.17, 15) is 14.9 Å². The van der Waals surface area contributed by atoms with Gasteiger partial charge >= 0.3 is 5.97 Å². The first-order valence-electron chi connectivity index (χ1n) is 10.4. The lowest BCUT2D eigenvalue weighted by Crippen LogP contribution is -2.14. The lowest BCUT2D eigenvalue weighted by atomic mass is 10.1. The fourth-order valence-electron chi connectivity index (χ4n) is 3.31. The number of carbonyl (C=O) groups is 2. The minimum atomic E-state index is -1.01. The van der Waals surface area contributed by atoms with Gasteiger partial charge in [-0.3, -0.25) is 4.79 Å². The lowest BCUT2D eigenvalue weighted by molar-refractivity contribution is -0.112. The number of amides is 1. The molecule has 0 aliphatic carbocycles. The Morgan fingerprint density at radius 1 is 1.06 bits per heavy atom. The largest absolute Gasteiger partial charge is 0.493 e. The molecule has 0 aromatic heterocycles. The summed E-state index contributed by atoms with van der Waals surface area (Å²) in [4.78, 5) is 23.8. The number of aromatic carboxylic acids is 1. The minimum absolute atomic E-state index is 0.0545. The van der Waals surface area contributed by atoms with Gasteiger partial charge in [0.25, 0.3) is 5.91 Å². The third-order valence-corrected chi connectivity index (χ3v) is 5.06. The monoisotopic (exact) mass is 456 g/mol. The Morgan fingerprint density at radius 2 is 1.85 bits per heavy atom. The zero-order valence-corrected chi connectivity index (χ0v) is 19.1. The van der Waals surface area contributed by atoms with Gasteiger partial charge in [-0.25, -0.2) is 4.79 Å². The summed E-state index contributed by atoms with van der Waals surface area (Å²) in [5.74, 6) is -0.661.